The molecule has 2 N–H and O–H groups in total. The van der Waals surface area contributed by atoms with Gasteiger partial charge in [-0.1, -0.05) is 12.1 Å². The van der Waals surface area contributed by atoms with Crippen molar-refractivity contribution in [2.45, 2.75) is 39.8 Å². The zero-order valence-corrected chi connectivity index (χ0v) is 11.0. The standard InChI is InChI=1S/C12H20N6/c1-3-10-7-12(18(4-2)15-10)9-17-8-11(5-6-13)14-16-17/h7-8H,3-6,9,13H2,1-2H3. The monoisotopic (exact) mass is 248 g/mol. The molecule has 0 unspecified atom stereocenters. The van der Waals surface area contributed by atoms with Gasteiger partial charge in [-0.25, -0.2) is 4.68 Å². The van der Waals surface area contributed by atoms with Gasteiger partial charge >= 0.3 is 0 Å². The van der Waals surface area contributed by atoms with Gasteiger partial charge in [0.05, 0.1) is 23.6 Å². The molecule has 0 saturated carbocycles. The predicted molar refractivity (Wildman–Crippen MR) is 69.2 cm³/mol. The van der Waals surface area contributed by atoms with Gasteiger partial charge in [0.2, 0.25) is 0 Å². The SMILES string of the molecule is CCc1cc(Cn2cc(CCN)nn2)n(CC)n1. The Morgan fingerprint density at radius 1 is 1.28 bits per heavy atom. The maximum Gasteiger partial charge on any atom is 0.0846 e. The molecule has 2 aromatic heterocycles. The molecule has 0 atom stereocenters. The van der Waals surface area contributed by atoms with E-state index >= 15 is 0 Å². The fourth-order valence-corrected chi connectivity index (χ4v) is 1.93. The molecule has 0 radical (unpaired) electrons. The Morgan fingerprint density at radius 3 is 2.78 bits per heavy atom. The normalized spacial score (nSPS) is 11.1. The van der Waals surface area contributed by atoms with E-state index < -0.39 is 0 Å². The van der Waals surface area contributed by atoms with Crippen molar-refractivity contribution in [1.82, 2.24) is 24.8 Å². The lowest BCUT2D eigenvalue weighted by molar-refractivity contribution is 0.563. The molecule has 0 saturated heterocycles. The quantitative estimate of drug-likeness (QED) is 0.812. The summed E-state index contributed by atoms with van der Waals surface area (Å²) in [4.78, 5) is 0. The van der Waals surface area contributed by atoms with Crippen molar-refractivity contribution in [2.24, 2.45) is 5.73 Å². The Kier molecular flexibility index (Phi) is 4.09. The zero-order valence-electron chi connectivity index (χ0n) is 11.0. The number of nitrogens with zero attached hydrogens (tertiary/aromatic N) is 5. The molecular weight excluding hydrogens is 228 g/mol. The van der Waals surface area contributed by atoms with Crippen molar-refractivity contribution in [3.8, 4) is 0 Å². The average Bonchev–Trinajstić information content (AvgIpc) is 2.97. The first-order chi connectivity index (χ1) is 8.76. The summed E-state index contributed by atoms with van der Waals surface area (Å²) >= 11 is 0. The number of hydrogen-bond acceptors (Lipinski definition) is 4. The lowest BCUT2D eigenvalue weighted by atomic mass is 10.3. The number of nitrogens with two attached hydrogens (primary N) is 1. The Balaban J connectivity index is 2.14. The van der Waals surface area contributed by atoms with Gasteiger partial charge in [-0.15, -0.1) is 5.10 Å². The van der Waals surface area contributed by atoms with Crippen LogP contribution in [0, 0.1) is 0 Å². The van der Waals surface area contributed by atoms with E-state index in [1.807, 2.05) is 15.6 Å². The zero-order chi connectivity index (χ0) is 13.0. The molecule has 18 heavy (non-hydrogen) atoms. The van der Waals surface area contributed by atoms with E-state index in [1.54, 1.807) is 0 Å². The Labute approximate surface area is 107 Å². The molecule has 0 spiro atoms. The van der Waals surface area contributed by atoms with Gasteiger partial charge in [-0.05, 0) is 26.0 Å². The fourth-order valence-electron chi connectivity index (χ4n) is 1.93. The maximum absolute atomic E-state index is 5.50. The summed E-state index contributed by atoms with van der Waals surface area (Å²) in [5.74, 6) is 0. The fraction of sp³-hybridized carbons (Fsp3) is 0.583. The van der Waals surface area contributed by atoms with Crippen LogP contribution in [0.4, 0.5) is 0 Å². The molecule has 0 fully saturated rings. The van der Waals surface area contributed by atoms with Crippen LogP contribution in [0.3, 0.4) is 0 Å². The summed E-state index contributed by atoms with van der Waals surface area (Å²) in [7, 11) is 0. The predicted octanol–water partition coefficient (Wildman–Crippen LogP) is 0.606. The van der Waals surface area contributed by atoms with Gasteiger partial charge in [0.25, 0.3) is 0 Å². The van der Waals surface area contributed by atoms with Crippen molar-refractivity contribution in [2.75, 3.05) is 6.54 Å². The Hall–Kier alpha value is -1.69. The second kappa shape index (κ2) is 5.77. The maximum atomic E-state index is 5.50. The molecule has 0 aliphatic carbocycles. The molecule has 0 aliphatic heterocycles. The first-order valence-corrected chi connectivity index (χ1v) is 6.41. The summed E-state index contributed by atoms with van der Waals surface area (Å²) in [5.41, 5.74) is 8.72. The minimum atomic E-state index is 0.603. The first kappa shape index (κ1) is 12.8. The van der Waals surface area contributed by atoms with E-state index in [0.717, 1.165) is 30.8 Å². The van der Waals surface area contributed by atoms with Crippen LogP contribution in [0.5, 0.6) is 0 Å². The van der Waals surface area contributed by atoms with Crippen LogP contribution in [0.25, 0.3) is 0 Å². The molecule has 98 valence electrons. The number of aryl methyl sites for hydroxylation is 2. The molecule has 2 aromatic rings. The van der Waals surface area contributed by atoms with Crippen LogP contribution < -0.4 is 5.73 Å². The van der Waals surface area contributed by atoms with Crippen molar-refractivity contribution >= 4 is 0 Å². The number of aromatic nitrogens is 5. The summed E-state index contributed by atoms with van der Waals surface area (Å²) in [5, 5.41) is 12.7. The summed E-state index contributed by atoms with van der Waals surface area (Å²) in [6, 6.07) is 2.13. The Bertz CT molecular complexity index is 498. The third-order valence-corrected chi connectivity index (χ3v) is 2.89. The smallest absolute Gasteiger partial charge is 0.0846 e. The third kappa shape index (κ3) is 2.76. The van der Waals surface area contributed by atoms with E-state index in [-0.39, 0.29) is 0 Å². The molecule has 6 nitrogen and oxygen atoms in total. The molecule has 0 amide bonds. The third-order valence-electron chi connectivity index (χ3n) is 2.89. The van der Waals surface area contributed by atoms with Crippen molar-refractivity contribution < 1.29 is 0 Å². The van der Waals surface area contributed by atoms with Crippen LogP contribution >= 0.6 is 0 Å². The van der Waals surface area contributed by atoms with Crippen LogP contribution in [-0.4, -0.2) is 31.3 Å². The molecule has 2 heterocycles. The van der Waals surface area contributed by atoms with E-state index in [9.17, 15) is 0 Å². The number of rotatable bonds is 6. The minimum Gasteiger partial charge on any atom is -0.330 e. The van der Waals surface area contributed by atoms with Crippen LogP contribution in [0.2, 0.25) is 0 Å². The minimum absolute atomic E-state index is 0.603. The van der Waals surface area contributed by atoms with Gasteiger partial charge in [0.15, 0.2) is 0 Å². The molecule has 6 heteroatoms. The van der Waals surface area contributed by atoms with Crippen molar-refractivity contribution in [3.63, 3.8) is 0 Å². The molecule has 0 aromatic carbocycles. The van der Waals surface area contributed by atoms with Gasteiger partial charge in [-0.3, -0.25) is 4.68 Å². The summed E-state index contributed by atoms with van der Waals surface area (Å²) in [6.07, 6.45) is 3.68. The highest BCUT2D eigenvalue weighted by Gasteiger charge is 2.07. The van der Waals surface area contributed by atoms with Gasteiger partial charge in [0, 0.05) is 19.2 Å². The lowest BCUT2D eigenvalue weighted by Crippen LogP contribution is -2.08. The van der Waals surface area contributed by atoms with Gasteiger partial charge in [0.1, 0.15) is 0 Å². The molecular formula is C12H20N6. The van der Waals surface area contributed by atoms with Gasteiger partial charge < -0.3 is 5.73 Å². The van der Waals surface area contributed by atoms with Crippen LogP contribution in [0.15, 0.2) is 12.3 Å². The van der Waals surface area contributed by atoms with E-state index in [2.05, 4.69) is 35.3 Å². The second-order valence-electron chi connectivity index (χ2n) is 4.24. The molecule has 2 rings (SSSR count). The highest BCUT2D eigenvalue weighted by molar-refractivity contribution is 5.11. The highest BCUT2D eigenvalue weighted by Crippen LogP contribution is 2.07. The molecule has 0 aliphatic rings. The largest absolute Gasteiger partial charge is 0.330 e. The lowest BCUT2D eigenvalue weighted by Gasteiger charge is -2.03. The highest BCUT2D eigenvalue weighted by atomic mass is 15.4. The van der Waals surface area contributed by atoms with Gasteiger partial charge in [-0.2, -0.15) is 5.10 Å². The Morgan fingerprint density at radius 2 is 2.11 bits per heavy atom. The van der Waals surface area contributed by atoms with Crippen LogP contribution in [-0.2, 0) is 25.9 Å². The second-order valence-corrected chi connectivity index (χ2v) is 4.24. The van der Waals surface area contributed by atoms with E-state index in [4.69, 9.17) is 5.73 Å². The first-order valence-electron chi connectivity index (χ1n) is 6.41. The van der Waals surface area contributed by atoms with E-state index in [1.165, 1.54) is 5.69 Å². The van der Waals surface area contributed by atoms with E-state index in [0.29, 0.717) is 13.1 Å². The van der Waals surface area contributed by atoms with Crippen LogP contribution in [0.1, 0.15) is 30.9 Å². The topological polar surface area (TPSA) is 74.6 Å². The average molecular weight is 248 g/mol. The van der Waals surface area contributed by atoms with Crippen molar-refractivity contribution in [1.29, 1.82) is 0 Å². The summed E-state index contributed by atoms with van der Waals surface area (Å²) < 4.78 is 3.86. The van der Waals surface area contributed by atoms with Crippen molar-refractivity contribution in [3.05, 3.63) is 29.3 Å². The number of hydrogen-bond donors (Lipinski definition) is 1. The summed E-state index contributed by atoms with van der Waals surface area (Å²) in [6.45, 7) is 6.39. The molecule has 0 bridgehead atoms.